The summed E-state index contributed by atoms with van der Waals surface area (Å²) in [6.07, 6.45) is 2.15. The van der Waals surface area contributed by atoms with Crippen LogP contribution in [0.3, 0.4) is 0 Å². The fraction of sp³-hybridized carbons (Fsp3) is 0.548. The molecule has 2 aromatic carbocycles. The van der Waals surface area contributed by atoms with Crippen molar-refractivity contribution in [1.82, 2.24) is 15.1 Å². The van der Waals surface area contributed by atoms with Gasteiger partial charge in [-0.05, 0) is 80.0 Å². The highest BCUT2D eigenvalue weighted by atomic mass is 35.5. The van der Waals surface area contributed by atoms with Crippen LogP contribution in [0.5, 0.6) is 11.5 Å². The number of ether oxygens (including phenoxy) is 1. The van der Waals surface area contributed by atoms with Gasteiger partial charge in [-0.25, -0.2) is 8.42 Å². The lowest BCUT2D eigenvalue weighted by atomic mass is 9.79. The summed E-state index contributed by atoms with van der Waals surface area (Å²) in [7, 11) is -3.10. The number of benzene rings is 2. The lowest BCUT2D eigenvalue weighted by Gasteiger charge is -2.52. The molecule has 0 bridgehead atoms. The molecule has 3 heterocycles. The lowest BCUT2D eigenvalue weighted by Crippen LogP contribution is -2.75. The Balaban J connectivity index is 0.00000423. The van der Waals surface area contributed by atoms with Crippen LogP contribution in [0.25, 0.3) is 0 Å². The standard InChI is InChI=1S/C31H40ClN3O6S.ClH/c1-2-3-16-35-29(37)27(28(36)23-12-19-42(39,40)20-13-23)33-30(38)31(35)14-17-34(18-15-31)21-22-4-8-25(9-5-22)41-26-10-6-24(32)7-11-26;/h4-11,23,27-28,36H,2-3,12-21H2,1H3,(H,33,38);1H/t27-,28-;/m1./s1. The zero-order valence-corrected chi connectivity index (χ0v) is 26.8. The van der Waals surface area contributed by atoms with Crippen LogP contribution in [0.2, 0.25) is 5.02 Å². The summed E-state index contributed by atoms with van der Waals surface area (Å²) < 4.78 is 29.6. The van der Waals surface area contributed by atoms with E-state index >= 15 is 0 Å². The third-order valence-corrected chi connectivity index (χ3v) is 10.9. The van der Waals surface area contributed by atoms with E-state index in [1.165, 1.54) is 0 Å². The van der Waals surface area contributed by atoms with E-state index in [1.54, 1.807) is 17.0 Å². The molecular weight excluding hydrogens is 613 g/mol. The van der Waals surface area contributed by atoms with Crippen LogP contribution in [-0.2, 0) is 26.0 Å². The summed E-state index contributed by atoms with van der Waals surface area (Å²) in [5.74, 6) is 0.636. The van der Waals surface area contributed by atoms with Gasteiger partial charge in [0.05, 0.1) is 17.6 Å². The quantitative estimate of drug-likeness (QED) is 0.417. The number of carbonyl (C=O) groups is 2. The van der Waals surface area contributed by atoms with Gasteiger partial charge in [0, 0.05) is 31.2 Å². The predicted octanol–water partition coefficient (Wildman–Crippen LogP) is 4.20. The Bertz CT molecular complexity index is 1350. The fourth-order valence-corrected chi connectivity index (χ4v) is 8.02. The number of aliphatic hydroxyl groups is 1. The summed E-state index contributed by atoms with van der Waals surface area (Å²) in [5.41, 5.74) is 0.185. The first-order valence-electron chi connectivity index (χ1n) is 14.9. The number of aliphatic hydroxyl groups excluding tert-OH is 1. The summed E-state index contributed by atoms with van der Waals surface area (Å²) >= 11 is 5.95. The maximum Gasteiger partial charge on any atom is 0.248 e. The number of hydrogen-bond donors (Lipinski definition) is 2. The second kappa shape index (κ2) is 14.2. The first-order valence-corrected chi connectivity index (χ1v) is 17.1. The third kappa shape index (κ3) is 7.65. The molecule has 9 nitrogen and oxygen atoms in total. The summed E-state index contributed by atoms with van der Waals surface area (Å²) in [6, 6.07) is 14.1. The van der Waals surface area contributed by atoms with Gasteiger partial charge in [0.15, 0.2) is 0 Å². The minimum atomic E-state index is -3.10. The molecule has 3 saturated heterocycles. The van der Waals surface area contributed by atoms with Gasteiger partial charge in [-0.15, -0.1) is 12.4 Å². The van der Waals surface area contributed by atoms with E-state index in [1.807, 2.05) is 43.3 Å². The molecule has 3 aliphatic heterocycles. The minimum Gasteiger partial charge on any atom is -0.457 e. The highest BCUT2D eigenvalue weighted by Gasteiger charge is 2.55. The van der Waals surface area contributed by atoms with E-state index in [0.717, 1.165) is 24.2 Å². The fourth-order valence-electron chi connectivity index (χ4n) is 6.37. The van der Waals surface area contributed by atoms with E-state index in [-0.39, 0.29) is 41.6 Å². The Morgan fingerprint density at radius 2 is 1.60 bits per heavy atom. The number of sulfone groups is 1. The molecule has 0 unspecified atom stereocenters. The predicted molar refractivity (Wildman–Crippen MR) is 168 cm³/mol. The maximum absolute atomic E-state index is 13.8. The molecule has 1 spiro atoms. The Morgan fingerprint density at radius 1 is 1.02 bits per heavy atom. The van der Waals surface area contributed by atoms with Crippen LogP contribution in [0.1, 0.15) is 51.0 Å². The van der Waals surface area contributed by atoms with Gasteiger partial charge in [-0.1, -0.05) is 37.1 Å². The number of rotatable bonds is 9. The largest absolute Gasteiger partial charge is 0.457 e. The molecule has 2 N–H and O–H groups in total. The number of amides is 2. The second-order valence-electron chi connectivity index (χ2n) is 11.8. The smallest absolute Gasteiger partial charge is 0.248 e. The highest BCUT2D eigenvalue weighted by molar-refractivity contribution is 7.91. The third-order valence-electron chi connectivity index (χ3n) is 8.98. The average molecular weight is 655 g/mol. The van der Waals surface area contributed by atoms with Crippen molar-refractivity contribution in [2.24, 2.45) is 5.92 Å². The van der Waals surface area contributed by atoms with Crippen LogP contribution in [-0.4, -0.2) is 84.0 Å². The molecular formula is C31H41Cl2N3O6S. The van der Waals surface area contributed by atoms with E-state index < -0.39 is 27.5 Å². The lowest BCUT2D eigenvalue weighted by molar-refractivity contribution is -0.165. The number of likely N-dealkylation sites (tertiary alicyclic amines) is 1. The van der Waals surface area contributed by atoms with Gasteiger partial charge >= 0.3 is 0 Å². The molecule has 0 aromatic heterocycles. The second-order valence-corrected chi connectivity index (χ2v) is 14.5. The molecule has 2 amide bonds. The monoisotopic (exact) mass is 653 g/mol. The van der Waals surface area contributed by atoms with Crippen molar-refractivity contribution in [3.05, 3.63) is 59.1 Å². The molecule has 2 atom stereocenters. The number of piperidine rings is 1. The topological polar surface area (TPSA) is 116 Å². The van der Waals surface area contributed by atoms with Crippen molar-refractivity contribution in [1.29, 1.82) is 0 Å². The number of hydrogen-bond acceptors (Lipinski definition) is 7. The minimum absolute atomic E-state index is 0. The zero-order valence-electron chi connectivity index (χ0n) is 24.4. The van der Waals surface area contributed by atoms with Crippen molar-refractivity contribution >= 4 is 45.7 Å². The Labute approximate surface area is 265 Å². The molecule has 3 aliphatic rings. The Kier molecular flexibility index (Phi) is 11.0. The highest BCUT2D eigenvalue weighted by Crippen LogP contribution is 2.36. The number of nitrogens with zero attached hydrogens (tertiary/aromatic N) is 2. The van der Waals surface area contributed by atoms with Crippen LogP contribution in [0.15, 0.2) is 48.5 Å². The normalized spacial score (nSPS) is 23.0. The number of carbonyl (C=O) groups excluding carboxylic acids is 2. The first kappa shape index (κ1) is 33.5. The van der Waals surface area contributed by atoms with Gasteiger partial charge in [0.2, 0.25) is 11.8 Å². The van der Waals surface area contributed by atoms with Gasteiger partial charge in [0.25, 0.3) is 0 Å². The van der Waals surface area contributed by atoms with E-state index in [4.69, 9.17) is 16.3 Å². The summed E-state index contributed by atoms with van der Waals surface area (Å²) in [4.78, 5) is 31.5. The number of unbranched alkanes of at least 4 members (excludes halogenated alkanes) is 1. The van der Waals surface area contributed by atoms with Crippen LogP contribution >= 0.6 is 24.0 Å². The number of halogens is 2. The number of piperazine rings is 1. The van der Waals surface area contributed by atoms with Crippen molar-refractivity contribution in [2.45, 2.75) is 69.7 Å². The van der Waals surface area contributed by atoms with Crippen molar-refractivity contribution in [3.8, 4) is 11.5 Å². The molecule has 236 valence electrons. The van der Waals surface area contributed by atoms with Gasteiger partial charge < -0.3 is 20.1 Å². The van der Waals surface area contributed by atoms with Crippen molar-refractivity contribution in [2.75, 3.05) is 31.1 Å². The SMILES string of the molecule is CCCCN1C(=O)[C@@H]([C@H](O)C2CCS(=O)(=O)CC2)NC(=O)C12CCN(Cc1ccc(Oc3ccc(Cl)cc3)cc1)CC2.Cl. The van der Waals surface area contributed by atoms with Gasteiger partial charge in [0.1, 0.15) is 32.9 Å². The molecule has 0 saturated carbocycles. The van der Waals surface area contributed by atoms with Gasteiger partial charge in [-0.3, -0.25) is 14.5 Å². The molecule has 5 rings (SSSR count). The Morgan fingerprint density at radius 3 is 2.19 bits per heavy atom. The molecule has 12 heteroatoms. The summed E-state index contributed by atoms with van der Waals surface area (Å²) in [6.45, 7) is 4.53. The van der Waals surface area contributed by atoms with Crippen LogP contribution in [0, 0.1) is 5.92 Å². The van der Waals surface area contributed by atoms with Crippen molar-refractivity contribution < 1.29 is 27.9 Å². The van der Waals surface area contributed by atoms with Crippen molar-refractivity contribution in [3.63, 3.8) is 0 Å². The molecule has 3 fully saturated rings. The molecule has 0 aliphatic carbocycles. The average Bonchev–Trinajstić information content (AvgIpc) is 2.98. The van der Waals surface area contributed by atoms with E-state index in [9.17, 15) is 23.1 Å². The van der Waals surface area contributed by atoms with E-state index in [0.29, 0.717) is 62.6 Å². The zero-order chi connectivity index (χ0) is 29.9. The first-order chi connectivity index (χ1) is 20.1. The van der Waals surface area contributed by atoms with Gasteiger partial charge in [-0.2, -0.15) is 0 Å². The maximum atomic E-state index is 13.8. The molecule has 43 heavy (non-hydrogen) atoms. The Hall–Kier alpha value is -2.37. The van der Waals surface area contributed by atoms with E-state index in [2.05, 4.69) is 10.2 Å². The number of nitrogens with one attached hydrogen (secondary N) is 1. The van der Waals surface area contributed by atoms with Crippen LogP contribution < -0.4 is 10.1 Å². The van der Waals surface area contributed by atoms with Crippen LogP contribution in [0.4, 0.5) is 0 Å². The summed E-state index contributed by atoms with van der Waals surface area (Å²) in [5, 5.41) is 14.7. The molecule has 2 aromatic rings. The molecule has 0 radical (unpaired) electrons.